The number of alkyl halides is 3. The van der Waals surface area contributed by atoms with E-state index in [1.54, 1.807) is 6.92 Å². The van der Waals surface area contributed by atoms with Crippen molar-refractivity contribution in [3.63, 3.8) is 0 Å². The molecule has 0 aliphatic carbocycles. The van der Waals surface area contributed by atoms with Crippen LogP contribution in [0.25, 0.3) is 0 Å². The van der Waals surface area contributed by atoms with Crippen LogP contribution in [-0.2, 0) is 4.79 Å². The van der Waals surface area contributed by atoms with Crippen molar-refractivity contribution in [3.8, 4) is 0 Å². The molecule has 1 nitrogen and oxygen atoms in total. The summed E-state index contributed by atoms with van der Waals surface area (Å²) in [5.41, 5.74) is 0. The highest BCUT2D eigenvalue weighted by Gasteiger charge is 1.83. The quantitative estimate of drug-likeness (QED) is 0.632. The lowest BCUT2D eigenvalue weighted by molar-refractivity contribution is -0.117. The Hall–Kier alpha value is 0.540. The van der Waals surface area contributed by atoms with E-state index in [2.05, 4.69) is 0 Å². The summed E-state index contributed by atoms with van der Waals surface area (Å²) in [6.45, 7) is 3.62. The summed E-state index contributed by atoms with van der Waals surface area (Å²) in [5.74, 6) is 0.289. The van der Waals surface area contributed by atoms with Crippen LogP contribution in [0.2, 0.25) is 0 Å². The molecule has 0 aromatic heterocycles. The van der Waals surface area contributed by atoms with Crippen LogP contribution in [-0.4, -0.2) is 10.1 Å². The lowest BCUT2D eigenvalue weighted by Gasteiger charge is -1.80. The molecular weight excluding hydrogens is 194 g/mol. The maximum absolute atomic E-state index is 10.0. The summed E-state index contributed by atoms with van der Waals surface area (Å²) in [6.07, 6.45) is 1.72. The summed E-state index contributed by atoms with van der Waals surface area (Å²) in [4.78, 5) is 10.0. The van der Waals surface area contributed by atoms with Crippen LogP contribution in [0.1, 0.15) is 26.7 Å². The molecule has 62 valence electrons. The summed E-state index contributed by atoms with van der Waals surface area (Å²) in [7, 11) is 0. The molecule has 0 aromatic carbocycles. The molecule has 4 heteroatoms. The highest BCUT2D eigenvalue weighted by Crippen LogP contribution is 2.03. The number of carbonyl (C=O) groups excluding carboxylic acids is 1. The van der Waals surface area contributed by atoms with Gasteiger partial charge in [-0.25, -0.2) is 0 Å². The standard InChI is InChI=1S/C5H10O.CHCl3/c1-3-4-5(2)6;2-1(3)4/h3-4H2,1-2H3;1H. The second-order valence-corrected chi connectivity index (χ2v) is 3.68. The van der Waals surface area contributed by atoms with Crippen LogP contribution in [0.3, 0.4) is 0 Å². The summed E-state index contributed by atoms with van der Waals surface area (Å²) >= 11 is 14.4. The van der Waals surface area contributed by atoms with E-state index in [0.29, 0.717) is 0 Å². The van der Waals surface area contributed by atoms with Gasteiger partial charge in [0.25, 0.3) is 0 Å². The Morgan fingerprint density at radius 1 is 1.40 bits per heavy atom. The van der Waals surface area contributed by atoms with Crippen molar-refractivity contribution in [1.82, 2.24) is 0 Å². The van der Waals surface area contributed by atoms with Gasteiger partial charge in [-0.05, 0) is 13.3 Å². The first-order chi connectivity index (χ1) is 4.50. The smallest absolute Gasteiger partial charge is 0.180 e. The van der Waals surface area contributed by atoms with Crippen LogP contribution in [0, 0.1) is 0 Å². The third-order valence-corrected chi connectivity index (χ3v) is 0.602. The third kappa shape index (κ3) is 38.7. The zero-order valence-electron chi connectivity index (χ0n) is 6.03. The van der Waals surface area contributed by atoms with Gasteiger partial charge in [-0.15, -0.1) is 0 Å². The maximum atomic E-state index is 10.0. The second kappa shape index (κ2) is 9.54. The van der Waals surface area contributed by atoms with Gasteiger partial charge in [-0.1, -0.05) is 41.7 Å². The van der Waals surface area contributed by atoms with Crippen molar-refractivity contribution in [1.29, 1.82) is 0 Å². The molecule has 0 aliphatic rings. The van der Waals surface area contributed by atoms with Crippen molar-refractivity contribution >= 4 is 40.6 Å². The average Bonchev–Trinajstić information content (AvgIpc) is 1.62. The van der Waals surface area contributed by atoms with E-state index in [0.717, 1.165) is 12.8 Å². The van der Waals surface area contributed by atoms with Gasteiger partial charge in [0, 0.05) is 6.42 Å². The number of Topliss-reactive ketones (excluding diaryl/α,β-unsaturated/α-hetero) is 1. The van der Waals surface area contributed by atoms with Gasteiger partial charge in [0.1, 0.15) is 5.78 Å². The highest BCUT2D eigenvalue weighted by atomic mass is 35.6. The first kappa shape index (κ1) is 13.2. The monoisotopic (exact) mass is 204 g/mol. The molecule has 0 aliphatic heterocycles. The van der Waals surface area contributed by atoms with Crippen LogP contribution >= 0.6 is 34.8 Å². The number of halogens is 3. The van der Waals surface area contributed by atoms with Crippen molar-refractivity contribution < 1.29 is 4.79 Å². The van der Waals surface area contributed by atoms with E-state index in [-0.39, 0.29) is 5.78 Å². The topological polar surface area (TPSA) is 17.1 Å². The molecule has 0 rings (SSSR count). The van der Waals surface area contributed by atoms with Gasteiger partial charge in [0.2, 0.25) is 0 Å². The Balaban J connectivity index is 0. The van der Waals surface area contributed by atoms with Gasteiger partial charge in [0.05, 0.1) is 0 Å². The van der Waals surface area contributed by atoms with Gasteiger partial charge in [0.15, 0.2) is 4.30 Å². The Labute approximate surface area is 76.6 Å². The zero-order valence-corrected chi connectivity index (χ0v) is 8.30. The fourth-order valence-corrected chi connectivity index (χ4v) is 0.352. The number of rotatable bonds is 2. The van der Waals surface area contributed by atoms with E-state index in [1.807, 2.05) is 6.92 Å². The van der Waals surface area contributed by atoms with E-state index in [9.17, 15) is 4.79 Å². The van der Waals surface area contributed by atoms with Gasteiger partial charge in [-0.2, -0.15) is 0 Å². The van der Waals surface area contributed by atoms with Crippen LogP contribution in [0.4, 0.5) is 0 Å². The second-order valence-electron chi connectivity index (χ2n) is 1.70. The molecular formula is C6H11Cl3O. The van der Waals surface area contributed by atoms with Crippen molar-refractivity contribution in [2.45, 2.75) is 31.0 Å². The van der Waals surface area contributed by atoms with Gasteiger partial charge in [-0.3, -0.25) is 0 Å². The number of hydrogen-bond donors (Lipinski definition) is 0. The Bertz CT molecular complexity index is 80.3. The Morgan fingerprint density at radius 3 is 1.70 bits per heavy atom. The molecule has 0 spiro atoms. The fraction of sp³-hybridized carbons (Fsp3) is 0.833. The molecule has 0 unspecified atom stereocenters. The molecule has 0 amide bonds. The molecule has 0 heterocycles. The lowest BCUT2D eigenvalue weighted by Crippen LogP contribution is -1.84. The first-order valence-electron chi connectivity index (χ1n) is 2.92. The normalized spacial score (nSPS) is 8.60. The first-order valence-corrected chi connectivity index (χ1v) is 4.23. The molecule has 0 radical (unpaired) electrons. The van der Waals surface area contributed by atoms with Crippen molar-refractivity contribution in [2.75, 3.05) is 0 Å². The SMILES string of the molecule is CCCC(C)=O.ClC(Cl)Cl. The molecule has 0 saturated carbocycles. The van der Waals surface area contributed by atoms with Crippen molar-refractivity contribution in [3.05, 3.63) is 0 Å². The number of ketones is 1. The summed E-state index contributed by atoms with van der Waals surface area (Å²) < 4.78 is -0.750. The zero-order chi connectivity index (χ0) is 8.57. The predicted molar refractivity (Wildman–Crippen MR) is 46.9 cm³/mol. The Morgan fingerprint density at radius 2 is 1.70 bits per heavy atom. The van der Waals surface area contributed by atoms with E-state index in [1.165, 1.54) is 0 Å². The van der Waals surface area contributed by atoms with Crippen LogP contribution in [0.15, 0.2) is 0 Å². The minimum absolute atomic E-state index is 0.289. The molecule has 0 bridgehead atoms. The van der Waals surface area contributed by atoms with E-state index >= 15 is 0 Å². The highest BCUT2D eigenvalue weighted by molar-refractivity contribution is 6.63. The third-order valence-electron chi connectivity index (χ3n) is 0.602. The molecule has 0 N–H and O–H groups in total. The summed E-state index contributed by atoms with van der Waals surface area (Å²) in [5, 5.41) is 0. The molecule has 0 fully saturated rings. The largest absolute Gasteiger partial charge is 0.300 e. The van der Waals surface area contributed by atoms with E-state index < -0.39 is 4.30 Å². The number of hydrogen-bond acceptors (Lipinski definition) is 1. The molecule has 0 saturated heterocycles. The van der Waals surface area contributed by atoms with Gasteiger partial charge < -0.3 is 4.79 Å². The van der Waals surface area contributed by atoms with E-state index in [4.69, 9.17) is 34.8 Å². The Kier molecular flexibility index (Phi) is 12.5. The predicted octanol–water partition coefficient (Wildman–Crippen LogP) is 3.36. The minimum Gasteiger partial charge on any atom is -0.300 e. The average molecular weight is 206 g/mol. The van der Waals surface area contributed by atoms with Crippen molar-refractivity contribution in [2.24, 2.45) is 0 Å². The minimum atomic E-state index is -0.750. The number of carbonyl (C=O) groups is 1. The van der Waals surface area contributed by atoms with Crippen LogP contribution < -0.4 is 0 Å². The lowest BCUT2D eigenvalue weighted by atomic mass is 10.3. The molecule has 0 atom stereocenters. The van der Waals surface area contributed by atoms with Gasteiger partial charge >= 0.3 is 0 Å². The molecule has 0 aromatic rings. The fourth-order valence-electron chi connectivity index (χ4n) is 0.352. The summed E-state index contributed by atoms with van der Waals surface area (Å²) in [6, 6.07) is 0. The molecule has 10 heavy (non-hydrogen) atoms. The maximum Gasteiger partial charge on any atom is 0.180 e. The van der Waals surface area contributed by atoms with Crippen LogP contribution in [0.5, 0.6) is 0 Å².